The van der Waals surface area contributed by atoms with Crippen LogP contribution in [0.25, 0.3) is 0 Å². The second kappa shape index (κ2) is 7.26. The van der Waals surface area contributed by atoms with Gasteiger partial charge in [0.2, 0.25) is 5.91 Å². The van der Waals surface area contributed by atoms with Gasteiger partial charge in [-0.1, -0.05) is 42.7 Å². The number of nitrogens with zero attached hydrogens (tertiary/aromatic N) is 3. The van der Waals surface area contributed by atoms with Crippen LogP contribution >= 0.6 is 0 Å². The van der Waals surface area contributed by atoms with Crippen LogP contribution in [-0.4, -0.2) is 52.6 Å². The Balaban J connectivity index is 1.32. The molecule has 2 aliphatic heterocycles. The Morgan fingerprint density at radius 3 is 2.34 bits per heavy atom. The lowest BCUT2D eigenvalue weighted by atomic mass is 9.94. The summed E-state index contributed by atoms with van der Waals surface area (Å²) in [6.07, 6.45) is 8.04. The fourth-order valence-electron chi connectivity index (χ4n) is 5.22. The van der Waals surface area contributed by atoms with Crippen molar-refractivity contribution in [2.75, 3.05) is 19.6 Å². The van der Waals surface area contributed by atoms with E-state index in [1.807, 2.05) is 9.80 Å². The molecule has 2 aliphatic carbocycles. The Labute approximate surface area is 173 Å². The monoisotopic (exact) mass is 393 g/mol. The number of piperidine rings is 1. The number of rotatable bonds is 4. The molecule has 29 heavy (non-hydrogen) atoms. The van der Waals surface area contributed by atoms with Gasteiger partial charge < -0.3 is 4.90 Å². The van der Waals surface area contributed by atoms with Gasteiger partial charge in [0, 0.05) is 31.1 Å². The number of likely N-dealkylation sites (tertiary alicyclic amines) is 1. The molecule has 154 valence electrons. The summed E-state index contributed by atoms with van der Waals surface area (Å²) in [7, 11) is 0. The molecule has 2 amide bonds. The highest BCUT2D eigenvalue weighted by Gasteiger charge is 2.50. The molecule has 0 radical (unpaired) electrons. The Morgan fingerprint density at radius 1 is 1.07 bits per heavy atom. The first kappa shape index (κ1) is 18.8. The van der Waals surface area contributed by atoms with Crippen molar-refractivity contribution < 1.29 is 9.59 Å². The van der Waals surface area contributed by atoms with E-state index in [1.165, 1.54) is 5.56 Å². The first-order chi connectivity index (χ1) is 14.1. The summed E-state index contributed by atoms with van der Waals surface area (Å²) >= 11 is 0. The molecule has 5 heteroatoms. The smallest absolute Gasteiger partial charge is 0.256 e. The van der Waals surface area contributed by atoms with Gasteiger partial charge >= 0.3 is 0 Å². The van der Waals surface area contributed by atoms with Gasteiger partial charge in [-0.05, 0) is 51.4 Å². The molecule has 1 saturated heterocycles. The van der Waals surface area contributed by atoms with Crippen molar-refractivity contribution in [2.24, 2.45) is 16.8 Å². The molecule has 0 N–H and O–H groups in total. The van der Waals surface area contributed by atoms with Crippen LogP contribution in [0.15, 0.2) is 29.3 Å². The Hall–Kier alpha value is -2.17. The highest BCUT2D eigenvalue weighted by molar-refractivity contribution is 6.15. The average Bonchev–Trinajstić information content (AvgIpc) is 3.43. The summed E-state index contributed by atoms with van der Waals surface area (Å²) in [5.41, 5.74) is 1.76. The molecule has 1 spiro atoms. The fraction of sp³-hybridized carbons (Fsp3) is 0.625. The van der Waals surface area contributed by atoms with Crippen molar-refractivity contribution in [3.63, 3.8) is 0 Å². The normalized spacial score (nSPS) is 24.4. The number of amidine groups is 1. The third kappa shape index (κ3) is 3.49. The van der Waals surface area contributed by atoms with Crippen LogP contribution < -0.4 is 0 Å². The molecular weight excluding hydrogens is 362 g/mol. The fourth-order valence-corrected chi connectivity index (χ4v) is 5.22. The zero-order chi connectivity index (χ0) is 20.0. The number of hydrogen-bond donors (Lipinski definition) is 0. The van der Waals surface area contributed by atoms with Gasteiger partial charge in [0.1, 0.15) is 11.4 Å². The topological polar surface area (TPSA) is 53.0 Å². The van der Waals surface area contributed by atoms with Crippen LogP contribution in [0.5, 0.6) is 0 Å². The van der Waals surface area contributed by atoms with E-state index in [4.69, 9.17) is 4.99 Å². The molecule has 2 saturated carbocycles. The summed E-state index contributed by atoms with van der Waals surface area (Å²) in [6.45, 7) is 4.49. The molecular formula is C24H31N3O2. The number of hydrogen-bond acceptors (Lipinski definition) is 3. The van der Waals surface area contributed by atoms with Crippen LogP contribution in [0, 0.1) is 18.8 Å². The predicted octanol–water partition coefficient (Wildman–Crippen LogP) is 3.55. The lowest BCUT2D eigenvalue weighted by Crippen LogP contribution is -2.46. The number of aliphatic imine (C=N–C) groups is 1. The van der Waals surface area contributed by atoms with Gasteiger partial charge in [0.25, 0.3) is 5.91 Å². The van der Waals surface area contributed by atoms with Crippen LogP contribution in [-0.2, 0) is 9.59 Å². The van der Waals surface area contributed by atoms with Crippen molar-refractivity contribution >= 4 is 17.6 Å². The number of aryl methyl sites for hydroxylation is 1. The number of benzene rings is 1. The number of amides is 2. The zero-order valence-electron chi connectivity index (χ0n) is 17.4. The number of carbonyl (C=O) groups is 2. The SMILES string of the molecule is Cc1ccc(C2=NC3(CCCC3)C(=O)N2CC2CCN(C(=O)C3CC3)CC2)cc1. The van der Waals surface area contributed by atoms with E-state index < -0.39 is 5.54 Å². The summed E-state index contributed by atoms with van der Waals surface area (Å²) in [6, 6.07) is 8.39. The number of carbonyl (C=O) groups excluding carboxylic acids is 2. The quantitative estimate of drug-likeness (QED) is 0.786. The van der Waals surface area contributed by atoms with Crippen molar-refractivity contribution in [3.8, 4) is 0 Å². The first-order valence-corrected chi connectivity index (χ1v) is 11.3. The molecule has 1 aromatic carbocycles. The van der Waals surface area contributed by atoms with Gasteiger partial charge in [0.15, 0.2) is 0 Å². The molecule has 4 aliphatic rings. The molecule has 1 aromatic rings. The van der Waals surface area contributed by atoms with Gasteiger partial charge in [-0.15, -0.1) is 0 Å². The van der Waals surface area contributed by atoms with E-state index in [-0.39, 0.29) is 5.91 Å². The van der Waals surface area contributed by atoms with Crippen molar-refractivity contribution in [1.82, 2.24) is 9.80 Å². The predicted molar refractivity (Wildman–Crippen MR) is 113 cm³/mol. The van der Waals surface area contributed by atoms with Crippen molar-refractivity contribution in [1.29, 1.82) is 0 Å². The average molecular weight is 394 g/mol. The maximum atomic E-state index is 13.5. The van der Waals surface area contributed by atoms with E-state index >= 15 is 0 Å². The third-order valence-electron chi connectivity index (χ3n) is 7.25. The Bertz CT molecular complexity index is 826. The maximum absolute atomic E-state index is 13.5. The minimum atomic E-state index is -0.511. The molecule has 0 aromatic heterocycles. The largest absolute Gasteiger partial charge is 0.342 e. The maximum Gasteiger partial charge on any atom is 0.256 e. The zero-order valence-corrected chi connectivity index (χ0v) is 17.4. The lowest BCUT2D eigenvalue weighted by molar-refractivity contribution is -0.135. The summed E-state index contributed by atoms with van der Waals surface area (Å²) in [5.74, 6) is 2.17. The second-order valence-electron chi connectivity index (χ2n) is 9.50. The summed E-state index contributed by atoms with van der Waals surface area (Å²) in [4.78, 5) is 34.9. The van der Waals surface area contributed by atoms with E-state index in [9.17, 15) is 9.59 Å². The first-order valence-electron chi connectivity index (χ1n) is 11.3. The van der Waals surface area contributed by atoms with E-state index in [0.29, 0.717) is 17.7 Å². The van der Waals surface area contributed by atoms with E-state index in [1.54, 1.807) is 0 Å². The van der Waals surface area contributed by atoms with Crippen molar-refractivity contribution in [2.45, 2.75) is 63.8 Å². The third-order valence-corrected chi connectivity index (χ3v) is 7.25. The Morgan fingerprint density at radius 2 is 1.72 bits per heavy atom. The van der Waals surface area contributed by atoms with Gasteiger partial charge in [0.05, 0.1) is 0 Å². The molecule has 2 heterocycles. The molecule has 5 nitrogen and oxygen atoms in total. The van der Waals surface area contributed by atoms with Gasteiger partial charge in [-0.3, -0.25) is 19.5 Å². The molecule has 0 atom stereocenters. The lowest BCUT2D eigenvalue weighted by Gasteiger charge is -2.34. The molecule has 0 bridgehead atoms. The summed E-state index contributed by atoms with van der Waals surface area (Å²) in [5, 5.41) is 0. The molecule has 3 fully saturated rings. The summed E-state index contributed by atoms with van der Waals surface area (Å²) < 4.78 is 0. The van der Waals surface area contributed by atoms with Crippen LogP contribution in [0.3, 0.4) is 0 Å². The second-order valence-corrected chi connectivity index (χ2v) is 9.50. The van der Waals surface area contributed by atoms with Crippen LogP contribution in [0.2, 0.25) is 0 Å². The van der Waals surface area contributed by atoms with Gasteiger partial charge in [-0.25, -0.2) is 0 Å². The molecule has 5 rings (SSSR count). The highest BCUT2D eigenvalue weighted by atomic mass is 16.2. The van der Waals surface area contributed by atoms with E-state index in [2.05, 4.69) is 31.2 Å². The standard InChI is InChI=1S/C24H31N3O2/c1-17-4-6-19(7-5-17)21-25-24(12-2-3-13-24)23(29)27(21)16-18-10-14-26(15-11-18)22(28)20-8-9-20/h4-7,18,20H,2-3,8-16H2,1H3. The molecule has 0 unspecified atom stereocenters. The Kier molecular flexibility index (Phi) is 4.72. The van der Waals surface area contributed by atoms with Crippen LogP contribution in [0.1, 0.15) is 62.5 Å². The minimum Gasteiger partial charge on any atom is -0.342 e. The van der Waals surface area contributed by atoms with E-state index in [0.717, 1.165) is 82.4 Å². The van der Waals surface area contributed by atoms with Crippen molar-refractivity contribution in [3.05, 3.63) is 35.4 Å². The highest BCUT2D eigenvalue weighted by Crippen LogP contribution is 2.40. The van der Waals surface area contributed by atoms with Crippen LogP contribution in [0.4, 0.5) is 0 Å². The van der Waals surface area contributed by atoms with Gasteiger partial charge in [-0.2, -0.15) is 0 Å². The minimum absolute atomic E-state index is 0.210.